The van der Waals surface area contributed by atoms with Gasteiger partial charge in [0.2, 0.25) is 5.95 Å². The van der Waals surface area contributed by atoms with Crippen LogP contribution in [-0.4, -0.2) is 67.0 Å². The molecule has 1 aromatic carbocycles. The number of piperazine rings is 1. The molecule has 0 saturated carbocycles. The predicted molar refractivity (Wildman–Crippen MR) is 97.0 cm³/mol. The van der Waals surface area contributed by atoms with Gasteiger partial charge in [-0.15, -0.1) is 5.10 Å². The van der Waals surface area contributed by atoms with E-state index < -0.39 is 0 Å². The van der Waals surface area contributed by atoms with Crippen LogP contribution in [0.2, 0.25) is 0 Å². The molecule has 1 aliphatic rings. The van der Waals surface area contributed by atoms with Crippen LogP contribution in [0.25, 0.3) is 0 Å². The van der Waals surface area contributed by atoms with Gasteiger partial charge in [-0.2, -0.15) is 10.1 Å². The van der Waals surface area contributed by atoms with Crippen LogP contribution in [0.5, 0.6) is 11.5 Å². The third-order valence-electron chi connectivity index (χ3n) is 4.34. The van der Waals surface area contributed by atoms with E-state index in [1.54, 1.807) is 20.4 Å². The van der Waals surface area contributed by atoms with E-state index in [0.29, 0.717) is 11.7 Å². The lowest BCUT2D eigenvalue weighted by Gasteiger charge is -2.34. The Labute approximate surface area is 147 Å². The molecule has 3 rings (SSSR count). The first-order valence-electron chi connectivity index (χ1n) is 8.39. The summed E-state index contributed by atoms with van der Waals surface area (Å²) in [5.74, 6) is 2.66. The topological polar surface area (TPSA) is 75.6 Å². The maximum absolute atomic E-state index is 5.40. The third kappa shape index (κ3) is 4.08. The number of benzene rings is 1. The number of rotatable bonds is 6. The molecule has 1 N–H and O–H groups in total. The summed E-state index contributed by atoms with van der Waals surface area (Å²) in [4.78, 5) is 9.25. The second kappa shape index (κ2) is 7.98. The summed E-state index contributed by atoms with van der Waals surface area (Å²) in [6.07, 6.45) is 1.71. The van der Waals surface area contributed by atoms with E-state index in [1.807, 2.05) is 18.2 Å². The minimum absolute atomic E-state index is 0.443. The van der Waals surface area contributed by atoms with Crippen LogP contribution in [0.1, 0.15) is 6.92 Å². The molecule has 1 saturated heterocycles. The summed E-state index contributed by atoms with van der Waals surface area (Å²) in [7, 11) is 3.24. The maximum Gasteiger partial charge on any atom is 0.249 e. The summed E-state index contributed by atoms with van der Waals surface area (Å²) < 4.78 is 10.6. The van der Waals surface area contributed by atoms with Crippen LogP contribution >= 0.6 is 0 Å². The number of hydrogen-bond donors (Lipinski definition) is 1. The molecule has 8 heteroatoms. The Morgan fingerprint density at radius 3 is 2.60 bits per heavy atom. The highest BCUT2D eigenvalue weighted by Crippen LogP contribution is 2.30. The zero-order valence-corrected chi connectivity index (χ0v) is 14.9. The van der Waals surface area contributed by atoms with E-state index in [9.17, 15) is 0 Å². The highest BCUT2D eigenvalue weighted by molar-refractivity contribution is 5.64. The predicted octanol–water partition coefficient (Wildman–Crippen LogP) is 1.77. The van der Waals surface area contributed by atoms with E-state index in [0.717, 1.165) is 50.0 Å². The quantitative estimate of drug-likeness (QED) is 0.850. The van der Waals surface area contributed by atoms with Crippen molar-refractivity contribution in [1.82, 2.24) is 20.1 Å². The van der Waals surface area contributed by atoms with E-state index in [2.05, 4.69) is 37.2 Å². The second-order valence-electron chi connectivity index (χ2n) is 5.75. The lowest BCUT2D eigenvalue weighted by molar-refractivity contribution is 0.270. The number of ether oxygens (including phenoxy) is 2. The number of anilines is 3. The Kier molecular flexibility index (Phi) is 5.49. The van der Waals surface area contributed by atoms with Crippen molar-refractivity contribution < 1.29 is 9.47 Å². The van der Waals surface area contributed by atoms with Gasteiger partial charge in [0.1, 0.15) is 11.5 Å². The van der Waals surface area contributed by atoms with Crippen LogP contribution in [0.15, 0.2) is 24.4 Å². The number of methoxy groups -OCH3 is 2. The molecular formula is C17H24N6O2. The molecule has 2 heterocycles. The fraction of sp³-hybridized carbons (Fsp3) is 0.471. The van der Waals surface area contributed by atoms with Crippen molar-refractivity contribution in [2.24, 2.45) is 0 Å². The number of aromatic nitrogens is 3. The SMILES string of the molecule is CCN1CCN(c2cnnc(Nc3ccc(OC)cc3OC)n2)CC1. The minimum atomic E-state index is 0.443. The normalized spacial score (nSPS) is 15.1. The molecule has 0 unspecified atom stereocenters. The van der Waals surface area contributed by atoms with E-state index in [1.165, 1.54) is 0 Å². The van der Waals surface area contributed by atoms with Gasteiger partial charge < -0.3 is 24.6 Å². The summed E-state index contributed by atoms with van der Waals surface area (Å²) in [5.41, 5.74) is 0.762. The van der Waals surface area contributed by atoms with E-state index in [4.69, 9.17) is 9.47 Å². The molecule has 25 heavy (non-hydrogen) atoms. The highest BCUT2D eigenvalue weighted by Gasteiger charge is 2.18. The maximum atomic E-state index is 5.40. The monoisotopic (exact) mass is 344 g/mol. The second-order valence-corrected chi connectivity index (χ2v) is 5.75. The third-order valence-corrected chi connectivity index (χ3v) is 4.34. The average molecular weight is 344 g/mol. The molecule has 0 aliphatic carbocycles. The van der Waals surface area contributed by atoms with Gasteiger partial charge in [-0.05, 0) is 18.7 Å². The number of hydrogen-bond acceptors (Lipinski definition) is 8. The number of nitrogens with zero attached hydrogens (tertiary/aromatic N) is 5. The van der Waals surface area contributed by atoms with Crippen LogP contribution in [0.4, 0.5) is 17.5 Å². The molecule has 134 valence electrons. The van der Waals surface area contributed by atoms with Crippen LogP contribution in [0, 0.1) is 0 Å². The Balaban J connectivity index is 1.74. The fourth-order valence-corrected chi connectivity index (χ4v) is 2.82. The molecule has 1 aliphatic heterocycles. The molecule has 2 aromatic rings. The van der Waals surface area contributed by atoms with Crippen molar-refractivity contribution in [1.29, 1.82) is 0 Å². The highest BCUT2D eigenvalue weighted by atomic mass is 16.5. The van der Waals surface area contributed by atoms with Crippen molar-refractivity contribution in [3.8, 4) is 11.5 Å². The van der Waals surface area contributed by atoms with Gasteiger partial charge in [0, 0.05) is 32.2 Å². The van der Waals surface area contributed by atoms with Gasteiger partial charge in [-0.1, -0.05) is 6.92 Å². The molecule has 8 nitrogen and oxygen atoms in total. The fourth-order valence-electron chi connectivity index (χ4n) is 2.82. The zero-order chi connectivity index (χ0) is 17.6. The molecule has 0 atom stereocenters. The molecule has 1 aromatic heterocycles. The molecule has 1 fully saturated rings. The summed E-state index contributed by atoms with van der Waals surface area (Å²) in [5, 5.41) is 11.3. The van der Waals surface area contributed by atoms with Crippen LogP contribution in [-0.2, 0) is 0 Å². The van der Waals surface area contributed by atoms with Gasteiger partial charge in [0.05, 0.1) is 26.1 Å². The Morgan fingerprint density at radius 2 is 1.92 bits per heavy atom. The van der Waals surface area contributed by atoms with Crippen molar-refractivity contribution in [2.75, 3.05) is 57.2 Å². The minimum Gasteiger partial charge on any atom is -0.497 e. The Bertz CT molecular complexity index is 703. The van der Waals surface area contributed by atoms with Crippen molar-refractivity contribution in [2.45, 2.75) is 6.92 Å². The first-order valence-corrected chi connectivity index (χ1v) is 8.39. The molecular weight excluding hydrogens is 320 g/mol. The van der Waals surface area contributed by atoms with Crippen LogP contribution < -0.4 is 19.7 Å². The van der Waals surface area contributed by atoms with Gasteiger partial charge in [0.15, 0.2) is 5.82 Å². The average Bonchev–Trinajstić information content (AvgIpc) is 2.68. The smallest absolute Gasteiger partial charge is 0.249 e. The first kappa shape index (κ1) is 17.2. The molecule has 0 spiro atoms. The van der Waals surface area contributed by atoms with Gasteiger partial charge in [-0.25, -0.2) is 0 Å². The van der Waals surface area contributed by atoms with Crippen molar-refractivity contribution in [3.63, 3.8) is 0 Å². The summed E-state index contributed by atoms with van der Waals surface area (Å²) >= 11 is 0. The van der Waals surface area contributed by atoms with Crippen molar-refractivity contribution in [3.05, 3.63) is 24.4 Å². The van der Waals surface area contributed by atoms with Gasteiger partial charge >= 0.3 is 0 Å². The largest absolute Gasteiger partial charge is 0.497 e. The lowest BCUT2D eigenvalue weighted by atomic mass is 10.2. The molecule has 0 amide bonds. The number of likely N-dealkylation sites (N-methyl/N-ethyl adjacent to an activating group) is 1. The first-order chi connectivity index (χ1) is 12.2. The molecule has 0 radical (unpaired) electrons. The number of nitrogens with one attached hydrogen (secondary N) is 1. The Hall–Kier alpha value is -2.61. The van der Waals surface area contributed by atoms with E-state index in [-0.39, 0.29) is 0 Å². The van der Waals surface area contributed by atoms with E-state index >= 15 is 0 Å². The Morgan fingerprint density at radius 1 is 1.12 bits per heavy atom. The van der Waals surface area contributed by atoms with Gasteiger partial charge in [0.25, 0.3) is 0 Å². The summed E-state index contributed by atoms with van der Waals surface area (Å²) in [6, 6.07) is 5.53. The van der Waals surface area contributed by atoms with Crippen LogP contribution in [0.3, 0.4) is 0 Å². The molecule has 0 bridgehead atoms. The summed E-state index contributed by atoms with van der Waals surface area (Å²) in [6.45, 7) is 7.23. The lowest BCUT2D eigenvalue weighted by Crippen LogP contribution is -2.46. The van der Waals surface area contributed by atoms with Crippen molar-refractivity contribution >= 4 is 17.5 Å². The standard InChI is InChI=1S/C17H24N6O2/c1-4-22-7-9-23(10-8-22)16-12-18-21-17(20-16)19-14-6-5-13(24-2)11-15(14)25-3/h5-6,11-12H,4,7-10H2,1-3H3,(H,19,20,21). The zero-order valence-electron chi connectivity index (χ0n) is 14.9. The van der Waals surface area contributed by atoms with Gasteiger partial charge in [-0.3, -0.25) is 0 Å².